The lowest BCUT2D eigenvalue weighted by atomic mass is 9.62. The van der Waals surface area contributed by atoms with Crippen LogP contribution < -0.4 is 5.32 Å². The number of hydrogen-bond donors (Lipinski definition) is 1. The van der Waals surface area contributed by atoms with E-state index >= 15 is 0 Å². The lowest BCUT2D eigenvalue weighted by Gasteiger charge is -2.42. The van der Waals surface area contributed by atoms with E-state index in [9.17, 15) is 4.79 Å². The van der Waals surface area contributed by atoms with Gasteiger partial charge in [-0.3, -0.25) is 4.79 Å². The van der Waals surface area contributed by atoms with Crippen LogP contribution in [0.15, 0.2) is 42.5 Å². The minimum absolute atomic E-state index is 0.0228. The molecule has 2 heteroatoms. The van der Waals surface area contributed by atoms with Crippen LogP contribution in [0.3, 0.4) is 0 Å². The van der Waals surface area contributed by atoms with Crippen molar-refractivity contribution in [3.05, 3.63) is 70.3 Å². The molecule has 3 rings (SSSR count). The first-order valence-corrected chi connectivity index (χ1v) is 10.4. The topological polar surface area (TPSA) is 29.1 Å². The number of fused-ring (bicyclic) bond motifs is 1. The van der Waals surface area contributed by atoms with Crippen molar-refractivity contribution in [1.82, 2.24) is 5.32 Å². The molecule has 0 aromatic heterocycles. The van der Waals surface area contributed by atoms with Crippen molar-refractivity contribution in [2.75, 3.05) is 6.54 Å². The summed E-state index contributed by atoms with van der Waals surface area (Å²) in [5, 5.41) is 2.97. The van der Waals surface area contributed by atoms with Gasteiger partial charge in [0.1, 0.15) is 0 Å². The van der Waals surface area contributed by atoms with E-state index in [1.165, 1.54) is 29.5 Å². The number of rotatable bonds is 4. The number of carbonyl (C=O) groups excluding carboxylic acids is 1. The Morgan fingerprint density at radius 3 is 2.14 bits per heavy atom. The van der Waals surface area contributed by atoms with Gasteiger partial charge in [-0.1, -0.05) is 70.2 Å². The van der Waals surface area contributed by atoms with Crippen LogP contribution >= 0.6 is 0 Å². The molecule has 0 spiro atoms. The molecule has 0 saturated carbocycles. The molecule has 2 nitrogen and oxygen atoms in total. The van der Waals surface area contributed by atoms with E-state index in [-0.39, 0.29) is 16.7 Å². The second kappa shape index (κ2) is 7.58. The van der Waals surface area contributed by atoms with Gasteiger partial charge in [-0.25, -0.2) is 0 Å². The summed E-state index contributed by atoms with van der Waals surface area (Å²) in [6.45, 7) is 14.1. The molecular weight excluding hydrogens is 342 g/mol. The number of likely N-dealkylation sites (N-methyl/N-ethyl adjacent to an activating group) is 1. The average molecular weight is 376 g/mol. The van der Waals surface area contributed by atoms with Gasteiger partial charge < -0.3 is 5.32 Å². The summed E-state index contributed by atoms with van der Waals surface area (Å²) in [5.74, 6) is -0.0228. The maximum Gasteiger partial charge on any atom is 0.251 e. The summed E-state index contributed by atoms with van der Waals surface area (Å²) in [5.41, 5.74) is 7.25. The minimum atomic E-state index is -0.0228. The largest absolute Gasteiger partial charge is 0.352 e. The smallest absolute Gasteiger partial charge is 0.251 e. The van der Waals surface area contributed by atoms with Crippen molar-refractivity contribution >= 4 is 17.6 Å². The molecule has 0 radical (unpaired) electrons. The van der Waals surface area contributed by atoms with Gasteiger partial charge in [-0.05, 0) is 71.4 Å². The Balaban J connectivity index is 2.18. The SMILES string of the molecule is CCNC(=O)C(=Cc1cc2c(cc1C)C(C)(C)CCC2(C)C)c1ccccc1. The predicted octanol–water partition coefficient (Wildman–Crippen LogP) is 6.02. The number of hydrogen-bond acceptors (Lipinski definition) is 1. The van der Waals surface area contributed by atoms with E-state index in [0.717, 1.165) is 16.7 Å². The molecule has 0 heterocycles. The molecule has 1 aliphatic carbocycles. The second-order valence-corrected chi connectivity index (χ2v) is 9.31. The highest BCUT2D eigenvalue weighted by Crippen LogP contribution is 2.46. The van der Waals surface area contributed by atoms with Crippen LogP contribution in [0.2, 0.25) is 0 Å². The molecule has 2 aromatic carbocycles. The molecule has 1 aliphatic rings. The van der Waals surface area contributed by atoms with Gasteiger partial charge >= 0.3 is 0 Å². The highest BCUT2D eigenvalue weighted by atomic mass is 16.1. The Kier molecular flexibility index (Phi) is 5.52. The van der Waals surface area contributed by atoms with Gasteiger partial charge in [0.25, 0.3) is 5.91 Å². The number of amides is 1. The Hall–Kier alpha value is -2.35. The first kappa shape index (κ1) is 20.4. The standard InChI is InChI=1S/C26H33NO/c1-7-27-24(28)21(19-11-9-8-10-12-19)16-20-17-23-22(15-18(20)2)25(3,4)13-14-26(23,5)6/h8-12,15-17H,7,13-14H2,1-6H3,(H,27,28). The molecule has 1 amide bonds. The van der Waals surface area contributed by atoms with Crippen LogP contribution in [-0.2, 0) is 15.6 Å². The summed E-state index contributed by atoms with van der Waals surface area (Å²) in [7, 11) is 0. The van der Waals surface area contributed by atoms with Gasteiger partial charge in [0, 0.05) is 12.1 Å². The molecule has 2 aromatic rings. The minimum Gasteiger partial charge on any atom is -0.352 e. The predicted molar refractivity (Wildman–Crippen MR) is 119 cm³/mol. The summed E-state index contributed by atoms with van der Waals surface area (Å²) in [4.78, 5) is 12.8. The van der Waals surface area contributed by atoms with E-state index in [1.807, 2.05) is 37.3 Å². The van der Waals surface area contributed by atoms with Gasteiger partial charge in [0.2, 0.25) is 0 Å². The van der Waals surface area contributed by atoms with Crippen LogP contribution in [0.4, 0.5) is 0 Å². The molecule has 0 unspecified atom stereocenters. The van der Waals surface area contributed by atoms with Gasteiger partial charge in [0.15, 0.2) is 0 Å². The van der Waals surface area contributed by atoms with Crippen LogP contribution in [-0.4, -0.2) is 12.5 Å². The van der Waals surface area contributed by atoms with Gasteiger partial charge in [-0.15, -0.1) is 0 Å². The Bertz CT molecular complexity index is 904. The first-order chi connectivity index (χ1) is 13.2. The monoisotopic (exact) mass is 375 g/mol. The summed E-state index contributed by atoms with van der Waals surface area (Å²) >= 11 is 0. The van der Waals surface area contributed by atoms with Crippen molar-refractivity contribution in [3.8, 4) is 0 Å². The molecule has 1 N–H and O–H groups in total. The van der Waals surface area contributed by atoms with E-state index < -0.39 is 0 Å². The zero-order valence-electron chi connectivity index (χ0n) is 18.1. The molecule has 0 aliphatic heterocycles. The first-order valence-electron chi connectivity index (χ1n) is 10.4. The summed E-state index contributed by atoms with van der Waals surface area (Å²) in [6.07, 6.45) is 4.45. The number of carbonyl (C=O) groups is 1. The molecule has 148 valence electrons. The van der Waals surface area contributed by atoms with Crippen LogP contribution in [0.25, 0.3) is 11.6 Å². The third kappa shape index (κ3) is 3.92. The molecule has 0 atom stereocenters. The Morgan fingerprint density at radius 1 is 1.00 bits per heavy atom. The quantitative estimate of drug-likeness (QED) is 0.514. The van der Waals surface area contributed by atoms with Crippen LogP contribution in [0.5, 0.6) is 0 Å². The molecule has 0 fully saturated rings. The maximum atomic E-state index is 12.8. The van der Waals surface area contributed by atoms with E-state index in [1.54, 1.807) is 0 Å². The third-order valence-corrected chi connectivity index (χ3v) is 6.21. The third-order valence-electron chi connectivity index (χ3n) is 6.21. The zero-order chi connectivity index (χ0) is 20.5. The highest BCUT2D eigenvalue weighted by Gasteiger charge is 2.37. The number of aryl methyl sites for hydroxylation is 1. The Labute approximate surface area is 170 Å². The fourth-order valence-electron chi connectivity index (χ4n) is 4.20. The van der Waals surface area contributed by atoms with Crippen LogP contribution in [0, 0.1) is 6.92 Å². The number of benzene rings is 2. The Morgan fingerprint density at radius 2 is 1.57 bits per heavy atom. The second-order valence-electron chi connectivity index (χ2n) is 9.31. The fraction of sp³-hybridized carbons (Fsp3) is 0.423. The fourth-order valence-corrected chi connectivity index (χ4v) is 4.20. The van der Waals surface area contributed by atoms with Crippen molar-refractivity contribution < 1.29 is 4.79 Å². The molecule has 0 saturated heterocycles. The van der Waals surface area contributed by atoms with E-state index in [2.05, 4.69) is 58.1 Å². The highest BCUT2D eigenvalue weighted by molar-refractivity contribution is 6.24. The van der Waals surface area contributed by atoms with Crippen molar-refractivity contribution in [2.45, 2.75) is 65.2 Å². The van der Waals surface area contributed by atoms with Crippen molar-refractivity contribution in [2.24, 2.45) is 0 Å². The summed E-state index contributed by atoms with van der Waals surface area (Å²) < 4.78 is 0. The number of nitrogens with one attached hydrogen (secondary N) is 1. The van der Waals surface area contributed by atoms with Crippen molar-refractivity contribution in [3.63, 3.8) is 0 Å². The zero-order valence-corrected chi connectivity index (χ0v) is 18.1. The normalized spacial score (nSPS) is 17.7. The average Bonchev–Trinajstić information content (AvgIpc) is 2.65. The maximum absolute atomic E-state index is 12.8. The molecular formula is C26H33NO. The van der Waals surface area contributed by atoms with Gasteiger partial charge in [-0.2, -0.15) is 0 Å². The molecule has 0 bridgehead atoms. The van der Waals surface area contributed by atoms with E-state index in [0.29, 0.717) is 6.54 Å². The van der Waals surface area contributed by atoms with E-state index in [4.69, 9.17) is 0 Å². The van der Waals surface area contributed by atoms with Gasteiger partial charge in [0.05, 0.1) is 0 Å². The molecule has 28 heavy (non-hydrogen) atoms. The van der Waals surface area contributed by atoms with Crippen molar-refractivity contribution in [1.29, 1.82) is 0 Å². The lowest BCUT2D eigenvalue weighted by Crippen LogP contribution is -2.34. The van der Waals surface area contributed by atoms with Crippen LogP contribution in [0.1, 0.15) is 75.3 Å². The lowest BCUT2D eigenvalue weighted by molar-refractivity contribution is -0.115. The summed E-state index contributed by atoms with van der Waals surface area (Å²) in [6, 6.07) is 14.6.